The van der Waals surface area contributed by atoms with Crippen molar-refractivity contribution in [2.24, 2.45) is 5.92 Å². The maximum atomic E-state index is 13.0. The predicted octanol–water partition coefficient (Wildman–Crippen LogP) is 4.67. The molecule has 0 unspecified atom stereocenters. The maximum Gasteiger partial charge on any atom is 0.416 e. The molecule has 0 saturated carbocycles. The maximum absolute atomic E-state index is 13.0. The Morgan fingerprint density at radius 3 is 2.59 bits per heavy atom. The fraction of sp³-hybridized carbons (Fsp3) is 0.320. The number of aromatic nitrogens is 2. The summed E-state index contributed by atoms with van der Waals surface area (Å²) in [6, 6.07) is 15.3. The van der Waals surface area contributed by atoms with Crippen LogP contribution in [0, 0.1) is 5.92 Å². The van der Waals surface area contributed by atoms with Gasteiger partial charge in [-0.3, -0.25) is 9.59 Å². The molecule has 2 heterocycles. The number of halogens is 3. The monoisotopic (exact) mass is 470 g/mol. The molecule has 1 N–H and O–H groups in total. The molecule has 1 amide bonds. The SMILES string of the molecule is CCc1ccc(-n2nc(N3CCC[C@H](C(=O)Nc4cccc(C(F)(F)F)c4)C3)ccc2=O)cc1. The summed E-state index contributed by atoms with van der Waals surface area (Å²) in [6.45, 7) is 3.06. The number of hydrogen-bond donors (Lipinski definition) is 1. The first kappa shape index (κ1) is 23.5. The normalized spacial score (nSPS) is 16.4. The summed E-state index contributed by atoms with van der Waals surface area (Å²) in [7, 11) is 0. The van der Waals surface area contributed by atoms with E-state index in [1.807, 2.05) is 29.2 Å². The zero-order valence-corrected chi connectivity index (χ0v) is 18.7. The van der Waals surface area contributed by atoms with Crippen LogP contribution in [-0.4, -0.2) is 28.8 Å². The van der Waals surface area contributed by atoms with Gasteiger partial charge in [-0.25, -0.2) is 0 Å². The predicted molar refractivity (Wildman–Crippen MR) is 124 cm³/mol. The molecule has 1 aliphatic rings. The number of hydrogen-bond acceptors (Lipinski definition) is 4. The molecule has 1 aliphatic heterocycles. The molecule has 1 aromatic heterocycles. The summed E-state index contributed by atoms with van der Waals surface area (Å²) in [5, 5.41) is 7.12. The van der Waals surface area contributed by atoms with Crippen LogP contribution in [0.1, 0.15) is 30.9 Å². The van der Waals surface area contributed by atoms with Crippen LogP contribution in [-0.2, 0) is 17.4 Å². The average molecular weight is 470 g/mol. The third kappa shape index (κ3) is 5.30. The van der Waals surface area contributed by atoms with Crippen LogP contribution >= 0.6 is 0 Å². The number of carbonyl (C=O) groups excluding carboxylic acids is 1. The zero-order chi connectivity index (χ0) is 24.3. The molecule has 34 heavy (non-hydrogen) atoms. The van der Waals surface area contributed by atoms with Gasteiger partial charge < -0.3 is 10.2 Å². The molecule has 3 aromatic rings. The Balaban J connectivity index is 1.49. The Hall–Kier alpha value is -3.62. The van der Waals surface area contributed by atoms with Crippen LogP contribution < -0.4 is 15.8 Å². The molecule has 0 spiro atoms. The number of rotatable bonds is 5. The van der Waals surface area contributed by atoms with E-state index >= 15 is 0 Å². The molecule has 0 radical (unpaired) electrons. The molecule has 178 valence electrons. The molecule has 1 atom stereocenters. The third-order valence-electron chi connectivity index (χ3n) is 5.95. The topological polar surface area (TPSA) is 67.2 Å². The number of benzene rings is 2. The van der Waals surface area contributed by atoms with Crippen molar-refractivity contribution in [3.63, 3.8) is 0 Å². The molecule has 1 fully saturated rings. The molecule has 2 aromatic carbocycles. The van der Waals surface area contributed by atoms with E-state index in [1.165, 1.54) is 22.9 Å². The van der Waals surface area contributed by atoms with Crippen LogP contribution in [0.15, 0.2) is 65.5 Å². The Bertz CT molecular complexity index is 1220. The number of amides is 1. The van der Waals surface area contributed by atoms with Crippen LogP contribution in [0.5, 0.6) is 0 Å². The van der Waals surface area contributed by atoms with Gasteiger partial charge >= 0.3 is 6.18 Å². The molecular weight excluding hydrogens is 445 g/mol. The van der Waals surface area contributed by atoms with E-state index < -0.39 is 17.7 Å². The third-order valence-corrected chi connectivity index (χ3v) is 5.95. The van der Waals surface area contributed by atoms with Crippen molar-refractivity contribution in [2.45, 2.75) is 32.4 Å². The molecule has 9 heteroatoms. The van der Waals surface area contributed by atoms with Crippen LogP contribution in [0.25, 0.3) is 5.69 Å². The van der Waals surface area contributed by atoms with Gasteiger partial charge in [-0.1, -0.05) is 25.1 Å². The summed E-state index contributed by atoms with van der Waals surface area (Å²) in [4.78, 5) is 27.2. The highest BCUT2D eigenvalue weighted by Gasteiger charge is 2.31. The van der Waals surface area contributed by atoms with Crippen molar-refractivity contribution in [3.05, 3.63) is 82.1 Å². The molecular formula is C25H25F3N4O2. The van der Waals surface area contributed by atoms with E-state index in [2.05, 4.69) is 17.3 Å². The summed E-state index contributed by atoms with van der Waals surface area (Å²) >= 11 is 0. The lowest BCUT2D eigenvalue weighted by molar-refractivity contribution is -0.137. The van der Waals surface area contributed by atoms with Gasteiger partial charge in [-0.15, -0.1) is 5.10 Å². The highest BCUT2D eigenvalue weighted by atomic mass is 19.4. The number of nitrogens with one attached hydrogen (secondary N) is 1. The van der Waals surface area contributed by atoms with Gasteiger partial charge in [0.1, 0.15) is 5.82 Å². The zero-order valence-electron chi connectivity index (χ0n) is 18.7. The fourth-order valence-electron chi connectivity index (χ4n) is 4.04. The van der Waals surface area contributed by atoms with Crippen LogP contribution in [0.3, 0.4) is 0 Å². The van der Waals surface area contributed by atoms with Crippen molar-refractivity contribution >= 4 is 17.4 Å². The largest absolute Gasteiger partial charge is 0.416 e. The van der Waals surface area contributed by atoms with Crippen LogP contribution in [0.2, 0.25) is 0 Å². The molecule has 0 bridgehead atoms. The Morgan fingerprint density at radius 2 is 1.88 bits per heavy atom. The van der Waals surface area contributed by atoms with Gasteiger partial charge in [0.05, 0.1) is 17.2 Å². The number of piperidine rings is 1. The summed E-state index contributed by atoms with van der Waals surface area (Å²) in [5.41, 5.74) is 0.843. The van der Waals surface area contributed by atoms with E-state index in [-0.39, 0.29) is 17.2 Å². The first-order chi connectivity index (χ1) is 16.2. The van der Waals surface area contributed by atoms with E-state index in [1.54, 1.807) is 6.07 Å². The standard InChI is InChI=1S/C25H25F3N4O2/c1-2-17-8-10-21(11-9-17)32-23(33)13-12-22(30-32)31-14-4-5-18(16-31)24(34)29-20-7-3-6-19(15-20)25(26,27)28/h3,6-13,15,18H,2,4-5,14,16H2,1H3,(H,29,34)/t18-/m0/s1. The fourth-order valence-corrected chi connectivity index (χ4v) is 4.04. The highest BCUT2D eigenvalue weighted by Crippen LogP contribution is 2.31. The molecule has 6 nitrogen and oxygen atoms in total. The minimum absolute atomic E-state index is 0.110. The molecule has 4 rings (SSSR count). The van der Waals surface area contributed by atoms with Crippen molar-refractivity contribution in [3.8, 4) is 5.69 Å². The quantitative estimate of drug-likeness (QED) is 0.589. The summed E-state index contributed by atoms with van der Waals surface area (Å²) < 4.78 is 40.2. The average Bonchev–Trinajstić information content (AvgIpc) is 2.84. The number of anilines is 2. The molecule has 0 aliphatic carbocycles. The summed E-state index contributed by atoms with van der Waals surface area (Å²) in [5.74, 6) is -0.197. The Labute approximate surface area is 195 Å². The van der Waals surface area contributed by atoms with Gasteiger partial charge in [-0.2, -0.15) is 17.9 Å². The Kier molecular flexibility index (Phi) is 6.72. The number of alkyl halides is 3. The minimum Gasteiger partial charge on any atom is -0.354 e. The first-order valence-electron chi connectivity index (χ1n) is 11.2. The van der Waals surface area contributed by atoms with Gasteiger partial charge in [0, 0.05) is 24.8 Å². The van der Waals surface area contributed by atoms with Crippen molar-refractivity contribution in [1.29, 1.82) is 0 Å². The van der Waals surface area contributed by atoms with Gasteiger partial charge in [0.2, 0.25) is 5.91 Å². The van der Waals surface area contributed by atoms with E-state index in [0.717, 1.165) is 24.1 Å². The second-order valence-electron chi connectivity index (χ2n) is 8.31. The van der Waals surface area contributed by atoms with Crippen molar-refractivity contribution in [2.75, 3.05) is 23.3 Å². The second kappa shape index (κ2) is 9.70. The Morgan fingerprint density at radius 1 is 1.12 bits per heavy atom. The van der Waals surface area contributed by atoms with E-state index in [9.17, 15) is 22.8 Å². The second-order valence-corrected chi connectivity index (χ2v) is 8.31. The molecule has 1 saturated heterocycles. The number of nitrogens with zero attached hydrogens (tertiary/aromatic N) is 3. The van der Waals surface area contributed by atoms with Crippen molar-refractivity contribution in [1.82, 2.24) is 9.78 Å². The number of aryl methyl sites for hydroxylation is 1. The highest BCUT2D eigenvalue weighted by molar-refractivity contribution is 5.93. The number of carbonyl (C=O) groups is 1. The minimum atomic E-state index is -4.48. The van der Waals surface area contributed by atoms with Crippen LogP contribution in [0.4, 0.5) is 24.7 Å². The lowest BCUT2D eigenvalue weighted by Crippen LogP contribution is -2.41. The van der Waals surface area contributed by atoms with E-state index in [4.69, 9.17) is 0 Å². The lowest BCUT2D eigenvalue weighted by atomic mass is 9.97. The smallest absolute Gasteiger partial charge is 0.354 e. The summed E-state index contributed by atoms with van der Waals surface area (Å²) in [6.07, 6.45) is -2.26. The van der Waals surface area contributed by atoms with Gasteiger partial charge in [0.25, 0.3) is 5.56 Å². The lowest BCUT2D eigenvalue weighted by Gasteiger charge is -2.33. The van der Waals surface area contributed by atoms with E-state index in [0.29, 0.717) is 37.4 Å². The van der Waals surface area contributed by atoms with Gasteiger partial charge in [0.15, 0.2) is 0 Å². The first-order valence-corrected chi connectivity index (χ1v) is 11.2. The van der Waals surface area contributed by atoms with Gasteiger partial charge in [-0.05, 0) is 61.2 Å². The van der Waals surface area contributed by atoms with Crippen molar-refractivity contribution < 1.29 is 18.0 Å².